The van der Waals surface area contributed by atoms with Gasteiger partial charge in [0, 0.05) is 16.6 Å². The smallest absolute Gasteiger partial charge is 0.254 e. The molecule has 0 aromatic heterocycles. The van der Waals surface area contributed by atoms with Crippen molar-refractivity contribution >= 4 is 21.8 Å². The lowest BCUT2D eigenvalue weighted by Crippen LogP contribution is -2.50. The Morgan fingerprint density at radius 2 is 2.05 bits per heavy atom. The predicted octanol–water partition coefficient (Wildman–Crippen LogP) is 3.19. The van der Waals surface area contributed by atoms with Crippen LogP contribution in [0.15, 0.2) is 22.7 Å². The van der Waals surface area contributed by atoms with E-state index >= 15 is 0 Å². The zero-order chi connectivity index (χ0) is 14.8. The van der Waals surface area contributed by atoms with Crippen LogP contribution in [0.25, 0.3) is 0 Å². The summed E-state index contributed by atoms with van der Waals surface area (Å²) in [6.45, 7) is 0.560. The molecule has 1 aliphatic rings. The van der Waals surface area contributed by atoms with Crippen molar-refractivity contribution in [2.75, 3.05) is 20.6 Å². The van der Waals surface area contributed by atoms with Crippen molar-refractivity contribution in [1.29, 1.82) is 0 Å². The molecule has 3 nitrogen and oxygen atoms in total. The van der Waals surface area contributed by atoms with Crippen molar-refractivity contribution in [2.24, 2.45) is 0 Å². The number of carbonyl (C=O) groups excluding carboxylic acids is 1. The lowest BCUT2D eigenvalue weighted by atomic mass is 9.96. The second-order valence-electron chi connectivity index (χ2n) is 5.63. The van der Waals surface area contributed by atoms with Crippen molar-refractivity contribution < 1.29 is 9.18 Å². The summed E-state index contributed by atoms with van der Waals surface area (Å²) in [7, 11) is 4.08. The van der Waals surface area contributed by atoms with Gasteiger partial charge >= 0.3 is 0 Å². The Balaban J connectivity index is 2.06. The second-order valence-corrected chi connectivity index (χ2v) is 6.55. The molecule has 0 saturated heterocycles. The van der Waals surface area contributed by atoms with Gasteiger partial charge in [-0.15, -0.1) is 0 Å². The van der Waals surface area contributed by atoms with E-state index in [1.165, 1.54) is 25.0 Å². The molecule has 1 aromatic carbocycles. The van der Waals surface area contributed by atoms with E-state index in [9.17, 15) is 9.18 Å². The summed E-state index contributed by atoms with van der Waals surface area (Å²) in [6, 6.07) is 4.41. The Bertz CT molecular complexity index is 499. The van der Waals surface area contributed by atoms with E-state index < -0.39 is 5.82 Å². The summed E-state index contributed by atoms with van der Waals surface area (Å²) in [4.78, 5) is 14.3. The molecule has 0 spiro atoms. The third-order valence-corrected chi connectivity index (χ3v) is 4.73. The van der Waals surface area contributed by atoms with Crippen molar-refractivity contribution in [1.82, 2.24) is 10.2 Å². The maximum atomic E-state index is 13.7. The minimum Gasteiger partial charge on any atom is -0.350 e. The summed E-state index contributed by atoms with van der Waals surface area (Å²) < 4.78 is 14.4. The molecule has 1 amide bonds. The number of likely N-dealkylation sites (N-methyl/N-ethyl adjacent to an activating group) is 1. The maximum absolute atomic E-state index is 13.7. The van der Waals surface area contributed by atoms with E-state index in [0.29, 0.717) is 11.0 Å². The number of benzene rings is 1. The molecule has 0 aliphatic heterocycles. The van der Waals surface area contributed by atoms with Crippen LogP contribution in [0.3, 0.4) is 0 Å². The predicted molar refractivity (Wildman–Crippen MR) is 81.3 cm³/mol. The molecule has 110 valence electrons. The van der Waals surface area contributed by atoms with Gasteiger partial charge in [-0.1, -0.05) is 28.8 Å². The average Bonchev–Trinajstić information content (AvgIpc) is 2.89. The van der Waals surface area contributed by atoms with Crippen LogP contribution in [0.2, 0.25) is 0 Å². The number of hydrogen-bond donors (Lipinski definition) is 1. The number of halogens is 2. The van der Waals surface area contributed by atoms with Crippen LogP contribution in [0.5, 0.6) is 0 Å². The normalized spacial score (nSPS) is 17.4. The molecule has 0 heterocycles. The number of carbonyl (C=O) groups is 1. The highest BCUT2D eigenvalue weighted by Gasteiger charge is 2.36. The first-order chi connectivity index (χ1) is 9.44. The Hall–Kier alpha value is -0.940. The Morgan fingerprint density at radius 1 is 1.40 bits per heavy atom. The Labute approximate surface area is 127 Å². The van der Waals surface area contributed by atoms with Gasteiger partial charge in [-0.3, -0.25) is 4.79 Å². The maximum Gasteiger partial charge on any atom is 0.254 e. The molecule has 1 aliphatic carbocycles. The van der Waals surface area contributed by atoms with E-state index in [1.807, 2.05) is 14.1 Å². The summed E-state index contributed by atoms with van der Waals surface area (Å²) in [6.07, 6.45) is 4.50. The topological polar surface area (TPSA) is 32.3 Å². The Morgan fingerprint density at radius 3 is 2.65 bits per heavy atom. The van der Waals surface area contributed by atoms with Crippen LogP contribution < -0.4 is 5.32 Å². The minimum atomic E-state index is -0.490. The molecule has 1 fully saturated rings. The molecule has 1 N–H and O–H groups in total. The van der Waals surface area contributed by atoms with Crippen LogP contribution in [-0.4, -0.2) is 37.0 Å². The van der Waals surface area contributed by atoms with Gasteiger partial charge in [0.2, 0.25) is 0 Å². The fraction of sp³-hybridized carbons (Fsp3) is 0.533. The lowest BCUT2D eigenvalue weighted by molar-refractivity contribution is 0.0896. The quantitative estimate of drug-likeness (QED) is 0.911. The molecule has 0 radical (unpaired) electrons. The molecule has 0 unspecified atom stereocenters. The fourth-order valence-corrected chi connectivity index (χ4v) is 3.19. The van der Waals surface area contributed by atoms with Crippen LogP contribution >= 0.6 is 15.9 Å². The highest BCUT2D eigenvalue weighted by atomic mass is 79.9. The van der Waals surface area contributed by atoms with Crippen LogP contribution in [0.1, 0.15) is 36.0 Å². The minimum absolute atomic E-state index is 0.0121. The zero-order valence-electron chi connectivity index (χ0n) is 11.9. The van der Waals surface area contributed by atoms with E-state index in [2.05, 4.69) is 26.1 Å². The van der Waals surface area contributed by atoms with E-state index in [0.717, 1.165) is 12.8 Å². The molecule has 5 heteroatoms. The molecule has 20 heavy (non-hydrogen) atoms. The highest BCUT2D eigenvalue weighted by molar-refractivity contribution is 9.10. The van der Waals surface area contributed by atoms with Gasteiger partial charge in [0.25, 0.3) is 5.91 Å². The van der Waals surface area contributed by atoms with Gasteiger partial charge in [0.1, 0.15) is 5.82 Å². The van der Waals surface area contributed by atoms with Crippen molar-refractivity contribution in [3.63, 3.8) is 0 Å². The van der Waals surface area contributed by atoms with Gasteiger partial charge in [-0.25, -0.2) is 4.39 Å². The van der Waals surface area contributed by atoms with Crippen LogP contribution in [-0.2, 0) is 0 Å². The lowest BCUT2D eigenvalue weighted by Gasteiger charge is -2.36. The Kier molecular flexibility index (Phi) is 4.81. The summed E-state index contributed by atoms with van der Waals surface area (Å²) >= 11 is 3.26. The molecular formula is C15H20BrFN2O. The standard InChI is InChI=1S/C15H20BrFN2O/c1-19(2)15(7-3-4-8-15)10-18-14(20)12-9-11(16)5-6-13(12)17/h5-6,9H,3-4,7-8,10H2,1-2H3,(H,18,20). The molecule has 0 bridgehead atoms. The highest BCUT2D eigenvalue weighted by Crippen LogP contribution is 2.33. The molecule has 1 saturated carbocycles. The number of amides is 1. The summed E-state index contributed by atoms with van der Waals surface area (Å²) in [5, 5.41) is 2.89. The van der Waals surface area contributed by atoms with Gasteiger partial charge in [-0.05, 0) is 45.1 Å². The van der Waals surface area contributed by atoms with Gasteiger partial charge in [-0.2, -0.15) is 0 Å². The van der Waals surface area contributed by atoms with E-state index in [1.54, 1.807) is 6.07 Å². The SMILES string of the molecule is CN(C)C1(CNC(=O)c2cc(Br)ccc2F)CCCC1. The van der Waals surface area contributed by atoms with Gasteiger partial charge in [0.05, 0.1) is 5.56 Å². The monoisotopic (exact) mass is 342 g/mol. The van der Waals surface area contributed by atoms with E-state index in [4.69, 9.17) is 0 Å². The first-order valence-electron chi connectivity index (χ1n) is 6.85. The zero-order valence-corrected chi connectivity index (χ0v) is 13.5. The van der Waals surface area contributed by atoms with Crippen molar-refractivity contribution in [3.8, 4) is 0 Å². The number of rotatable bonds is 4. The second kappa shape index (κ2) is 6.22. The third kappa shape index (κ3) is 3.20. The summed E-state index contributed by atoms with van der Waals surface area (Å²) in [5.41, 5.74) is 0.101. The molecule has 0 atom stereocenters. The number of hydrogen-bond acceptors (Lipinski definition) is 2. The molecule has 1 aromatic rings. The number of nitrogens with one attached hydrogen (secondary N) is 1. The van der Waals surface area contributed by atoms with Crippen molar-refractivity contribution in [2.45, 2.75) is 31.2 Å². The largest absolute Gasteiger partial charge is 0.350 e. The first-order valence-corrected chi connectivity index (χ1v) is 7.65. The van der Waals surface area contributed by atoms with Gasteiger partial charge < -0.3 is 10.2 Å². The van der Waals surface area contributed by atoms with E-state index in [-0.39, 0.29) is 17.0 Å². The van der Waals surface area contributed by atoms with Crippen LogP contribution in [0, 0.1) is 5.82 Å². The third-order valence-electron chi connectivity index (χ3n) is 4.23. The molecular weight excluding hydrogens is 323 g/mol. The van der Waals surface area contributed by atoms with Crippen molar-refractivity contribution in [3.05, 3.63) is 34.1 Å². The first kappa shape index (κ1) is 15.4. The van der Waals surface area contributed by atoms with Crippen LogP contribution in [0.4, 0.5) is 4.39 Å². The van der Waals surface area contributed by atoms with Gasteiger partial charge in [0.15, 0.2) is 0 Å². The average molecular weight is 343 g/mol. The number of nitrogens with zero attached hydrogens (tertiary/aromatic N) is 1. The summed E-state index contributed by atoms with van der Waals surface area (Å²) in [5.74, 6) is -0.840. The fourth-order valence-electron chi connectivity index (χ4n) is 2.83. The molecule has 2 rings (SSSR count).